The summed E-state index contributed by atoms with van der Waals surface area (Å²) in [7, 11) is 0. The molecule has 0 saturated carbocycles. The van der Waals surface area contributed by atoms with Crippen LogP contribution >= 0.6 is 12.2 Å². The van der Waals surface area contributed by atoms with Crippen molar-refractivity contribution in [1.82, 2.24) is 9.55 Å². The summed E-state index contributed by atoms with van der Waals surface area (Å²) < 4.78 is 21.8. The molecule has 2 heterocycles. The molecule has 2 aromatic rings. The maximum atomic E-state index is 13.6. The van der Waals surface area contributed by atoms with Crippen molar-refractivity contribution in [1.29, 1.82) is 0 Å². The van der Waals surface area contributed by atoms with Crippen molar-refractivity contribution < 1.29 is 9.13 Å². The molecule has 1 fully saturated rings. The Bertz CT molecular complexity index is 667. The van der Waals surface area contributed by atoms with Crippen molar-refractivity contribution in [3.8, 4) is 0 Å². The van der Waals surface area contributed by atoms with Gasteiger partial charge in [0.05, 0.1) is 23.2 Å². The van der Waals surface area contributed by atoms with E-state index in [-0.39, 0.29) is 11.4 Å². The molecule has 1 N–H and O–H groups in total. The monoisotopic (exact) mass is 266 g/mol. The normalized spacial score (nSPS) is 23.9. The lowest BCUT2D eigenvalue weighted by Crippen LogP contribution is -2.30. The predicted octanol–water partition coefficient (Wildman–Crippen LogP) is 3.28. The van der Waals surface area contributed by atoms with Crippen molar-refractivity contribution in [2.75, 3.05) is 13.2 Å². The van der Waals surface area contributed by atoms with Crippen molar-refractivity contribution >= 4 is 23.3 Å². The van der Waals surface area contributed by atoms with Crippen LogP contribution in [0.2, 0.25) is 0 Å². The second kappa shape index (κ2) is 3.90. The summed E-state index contributed by atoms with van der Waals surface area (Å²) in [6, 6.07) is 3.36. The molecule has 1 saturated heterocycles. The van der Waals surface area contributed by atoms with Crippen LogP contribution in [0.1, 0.15) is 18.9 Å². The molecule has 1 aromatic carbocycles. The highest BCUT2D eigenvalue weighted by Crippen LogP contribution is 2.31. The fourth-order valence-corrected chi connectivity index (χ4v) is 3.03. The molecule has 3 rings (SSSR count). The summed E-state index contributed by atoms with van der Waals surface area (Å²) in [5, 5.41) is 0. The molecule has 3 nitrogen and oxygen atoms in total. The van der Waals surface area contributed by atoms with Gasteiger partial charge in [-0.15, -0.1) is 0 Å². The number of hydrogen-bond donors (Lipinski definition) is 1. The zero-order chi connectivity index (χ0) is 12.9. The van der Waals surface area contributed by atoms with Gasteiger partial charge in [-0.25, -0.2) is 4.39 Å². The fourth-order valence-electron chi connectivity index (χ4n) is 2.60. The fraction of sp³-hybridized carbons (Fsp3) is 0.462. The lowest BCUT2D eigenvalue weighted by Gasteiger charge is -2.25. The Morgan fingerprint density at radius 1 is 1.50 bits per heavy atom. The second-order valence-corrected chi connectivity index (χ2v) is 5.57. The third kappa shape index (κ3) is 1.61. The van der Waals surface area contributed by atoms with Crippen LogP contribution in [0.25, 0.3) is 11.0 Å². The number of imidazole rings is 1. The number of aromatic nitrogens is 2. The van der Waals surface area contributed by atoms with Gasteiger partial charge in [-0.3, -0.25) is 0 Å². The molecule has 0 spiro atoms. The van der Waals surface area contributed by atoms with E-state index in [2.05, 4.69) is 16.5 Å². The number of aromatic amines is 1. The summed E-state index contributed by atoms with van der Waals surface area (Å²) >= 11 is 5.38. The molecule has 0 aliphatic carbocycles. The highest BCUT2D eigenvalue weighted by atomic mass is 32.1. The maximum absolute atomic E-state index is 13.6. The Balaban J connectivity index is 2.32. The molecule has 0 radical (unpaired) electrons. The van der Waals surface area contributed by atoms with Crippen LogP contribution in [0.15, 0.2) is 12.1 Å². The third-order valence-corrected chi connectivity index (χ3v) is 3.99. The first-order chi connectivity index (χ1) is 8.51. The summed E-state index contributed by atoms with van der Waals surface area (Å²) in [4.78, 5) is 3.08. The predicted molar refractivity (Wildman–Crippen MR) is 70.9 cm³/mol. The van der Waals surface area contributed by atoms with Gasteiger partial charge >= 0.3 is 0 Å². The first kappa shape index (κ1) is 11.9. The van der Waals surface area contributed by atoms with Gasteiger partial charge in [-0.2, -0.15) is 0 Å². The maximum Gasteiger partial charge on any atom is 0.178 e. The number of fused-ring (bicyclic) bond motifs is 1. The second-order valence-electron chi connectivity index (χ2n) is 5.18. The molecule has 5 heteroatoms. The van der Waals surface area contributed by atoms with Gasteiger partial charge in [0.2, 0.25) is 0 Å². The minimum atomic E-state index is -0.210. The van der Waals surface area contributed by atoms with Crippen LogP contribution in [-0.2, 0) is 10.3 Å². The van der Waals surface area contributed by atoms with Crippen LogP contribution in [0, 0.1) is 17.5 Å². The molecule has 1 aliphatic heterocycles. The third-order valence-electron chi connectivity index (χ3n) is 3.70. The Kier molecular flexibility index (Phi) is 2.57. The highest BCUT2D eigenvalue weighted by Gasteiger charge is 2.33. The first-order valence-electron chi connectivity index (χ1n) is 6.00. The first-order valence-corrected chi connectivity index (χ1v) is 6.41. The minimum absolute atomic E-state index is 0.139. The van der Waals surface area contributed by atoms with Crippen molar-refractivity contribution in [2.24, 2.45) is 0 Å². The molecular weight excluding hydrogens is 251 g/mol. The molecule has 96 valence electrons. The number of H-pyrrole nitrogens is 1. The number of ether oxygens (including phenoxy) is 1. The topological polar surface area (TPSA) is 29.9 Å². The van der Waals surface area contributed by atoms with Gasteiger partial charge in [0, 0.05) is 6.61 Å². The van der Waals surface area contributed by atoms with E-state index >= 15 is 0 Å². The number of nitrogens with zero attached hydrogens (tertiary/aromatic N) is 1. The number of benzene rings is 1. The van der Waals surface area contributed by atoms with Crippen LogP contribution < -0.4 is 0 Å². The van der Waals surface area contributed by atoms with Crippen molar-refractivity contribution in [2.45, 2.75) is 25.8 Å². The van der Waals surface area contributed by atoms with E-state index in [4.69, 9.17) is 17.0 Å². The summed E-state index contributed by atoms with van der Waals surface area (Å²) in [6.07, 6.45) is 0.921. The van der Waals surface area contributed by atoms with Gasteiger partial charge in [0.15, 0.2) is 4.77 Å². The number of halogens is 1. The minimum Gasteiger partial charge on any atom is -0.379 e. The van der Waals surface area contributed by atoms with E-state index < -0.39 is 0 Å². The molecule has 1 atom stereocenters. The average molecular weight is 266 g/mol. The van der Waals surface area contributed by atoms with Gasteiger partial charge in [0.25, 0.3) is 0 Å². The smallest absolute Gasteiger partial charge is 0.178 e. The molecule has 0 amide bonds. The van der Waals surface area contributed by atoms with Gasteiger partial charge in [0.1, 0.15) is 5.82 Å². The quantitative estimate of drug-likeness (QED) is 0.803. The number of rotatable bonds is 1. The van der Waals surface area contributed by atoms with Gasteiger partial charge in [-0.1, -0.05) is 0 Å². The molecule has 1 unspecified atom stereocenters. The lowest BCUT2D eigenvalue weighted by atomic mass is 10.0. The standard InChI is InChI=1S/C13H15FN2OS/c1-8-5-11-10(6-9(8)14)15-12(18)16(11)13(2)3-4-17-7-13/h5-6H,3-4,7H2,1-2H3,(H,15,18). The van der Waals surface area contributed by atoms with Crippen LogP contribution in [0.5, 0.6) is 0 Å². The average Bonchev–Trinajstić information content (AvgIpc) is 2.84. The molecule has 1 aromatic heterocycles. The number of nitrogens with one attached hydrogen (secondary N) is 1. The Labute approximate surface area is 110 Å². The molecular formula is C13H15FN2OS. The van der Waals surface area contributed by atoms with Crippen LogP contribution in [0.4, 0.5) is 4.39 Å². The SMILES string of the molecule is Cc1cc2c(cc1F)[nH]c(=S)n2C1(C)CCOC1. The van der Waals surface area contributed by atoms with Gasteiger partial charge < -0.3 is 14.3 Å². The highest BCUT2D eigenvalue weighted by molar-refractivity contribution is 7.71. The summed E-state index contributed by atoms with van der Waals surface area (Å²) in [6.45, 7) is 5.28. The Morgan fingerprint density at radius 2 is 2.28 bits per heavy atom. The molecule has 0 bridgehead atoms. The zero-order valence-corrected chi connectivity index (χ0v) is 11.2. The molecule has 18 heavy (non-hydrogen) atoms. The molecule has 1 aliphatic rings. The van der Waals surface area contributed by atoms with E-state index in [1.165, 1.54) is 6.07 Å². The Morgan fingerprint density at radius 3 is 2.94 bits per heavy atom. The van der Waals surface area contributed by atoms with Gasteiger partial charge in [-0.05, 0) is 50.2 Å². The van der Waals surface area contributed by atoms with Crippen LogP contribution in [-0.4, -0.2) is 22.8 Å². The number of aryl methyl sites for hydroxylation is 1. The Hall–Kier alpha value is -1.20. The van der Waals surface area contributed by atoms with E-state index in [1.54, 1.807) is 6.92 Å². The van der Waals surface area contributed by atoms with Crippen molar-refractivity contribution in [3.05, 3.63) is 28.3 Å². The number of hydrogen-bond acceptors (Lipinski definition) is 2. The lowest BCUT2D eigenvalue weighted by molar-refractivity contribution is 0.162. The summed E-state index contributed by atoms with van der Waals surface area (Å²) in [5.41, 5.74) is 2.19. The van der Waals surface area contributed by atoms with E-state index in [1.807, 2.05) is 6.07 Å². The van der Waals surface area contributed by atoms with Crippen LogP contribution in [0.3, 0.4) is 0 Å². The van der Waals surface area contributed by atoms with E-state index in [0.29, 0.717) is 16.9 Å². The van der Waals surface area contributed by atoms with E-state index in [9.17, 15) is 4.39 Å². The van der Waals surface area contributed by atoms with E-state index in [0.717, 1.165) is 24.1 Å². The summed E-state index contributed by atoms with van der Waals surface area (Å²) in [5.74, 6) is -0.210. The zero-order valence-electron chi connectivity index (χ0n) is 10.4. The van der Waals surface area contributed by atoms with Crippen molar-refractivity contribution in [3.63, 3.8) is 0 Å². The largest absolute Gasteiger partial charge is 0.379 e.